The normalized spacial score (nSPS) is 9.75. The van der Waals surface area contributed by atoms with E-state index < -0.39 is 0 Å². The van der Waals surface area contributed by atoms with Crippen molar-refractivity contribution in [3.63, 3.8) is 0 Å². The highest BCUT2D eigenvalue weighted by Gasteiger charge is 2.01. The highest BCUT2D eigenvalue weighted by atomic mass is 32.1. The fourth-order valence-electron chi connectivity index (χ4n) is 0.844. The third-order valence-electron chi connectivity index (χ3n) is 1.48. The molecule has 1 aromatic rings. The van der Waals surface area contributed by atoms with E-state index in [-0.39, 0.29) is 5.97 Å². The van der Waals surface area contributed by atoms with Gasteiger partial charge in [0.15, 0.2) is 4.77 Å². The van der Waals surface area contributed by atoms with E-state index in [1.54, 1.807) is 6.20 Å². The molecule has 0 aliphatic carbocycles. The van der Waals surface area contributed by atoms with Gasteiger partial charge in [-0.1, -0.05) is 0 Å². The van der Waals surface area contributed by atoms with Crippen LogP contribution in [-0.2, 0) is 16.0 Å². The van der Waals surface area contributed by atoms with E-state index in [2.05, 4.69) is 14.7 Å². The van der Waals surface area contributed by atoms with Crippen LogP contribution in [0.2, 0.25) is 0 Å². The van der Waals surface area contributed by atoms with Gasteiger partial charge < -0.3 is 14.7 Å². The molecule has 1 rings (SSSR count). The molecule has 0 aromatic carbocycles. The zero-order valence-corrected chi connectivity index (χ0v) is 7.53. The van der Waals surface area contributed by atoms with E-state index in [1.165, 1.54) is 7.11 Å². The predicted octanol–water partition coefficient (Wildman–Crippen LogP) is 1.18. The van der Waals surface area contributed by atoms with E-state index >= 15 is 0 Å². The molecule has 0 unspecified atom stereocenters. The van der Waals surface area contributed by atoms with Crippen LogP contribution in [0, 0.1) is 4.77 Å². The minimum absolute atomic E-state index is 0.212. The third-order valence-corrected chi connectivity index (χ3v) is 1.70. The number of hydrogen-bond acceptors (Lipinski definition) is 3. The number of nitrogens with one attached hydrogen (secondary N) is 2. The smallest absolute Gasteiger partial charge is 0.305 e. The number of imidazole rings is 1. The van der Waals surface area contributed by atoms with Crippen molar-refractivity contribution < 1.29 is 9.53 Å². The number of H-pyrrole nitrogens is 2. The van der Waals surface area contributed by atoms with Crippen molar-refractivity contribution in [3.8, 4) is 0 Å². The molecule has 0 fully saturated rings. The SMILES string of the molecule is COC(=O)CCc1c[nH]c(=S)[nH]1. The molecule has 0 aliphatic heterocycles. The fraction of sp³-hybridized carbons (Fsp3) is 0.429. The summed E-state index contributed by atoms with van der Waals surface area (Å²) in [5, 5.41) is 0. The minimum Gasteiger partial charge on any atom is -0.469 e. The number of esters is 1. The van der Waals surface area contributed by atoms with E-state index in [9.17, 15) is 4.79 Å². The average Bonchev–Trinajstić information content (AvgIpc) is 2.47. The maximum absolute atomic E-state index is 10.7. The van der Waals surface area contributed by atoms with E-state index in [1.807, 2.05) is 0 Å². The molecule has 0 spiro atoms. The number of carbonyl (C=O) groups excluding carboxylic acids is 1. The summed E-state index contributed by atoms with van der Waals surface area (Å²) in [4.78, 5) is 16.4. The number of ether oxygens (including phenoxy) is 1. The number of aromatic amines is 2. The van der Waals surface area contributed by atoms with Crippen molar-refractivity contribution in [2.45, 2.75) is 12.8 Å². The summed E-state index contributed by atoms with van der Waals surface area (Å²) in [6, 6.07) is 0. The predicted molar refractivity (Wildman–Crippen MR) is 46.3 cm³/mol. The van der Waals surface area contributed by atoms with Crippen LogP contribution in [0.15, 0.2) is 6.20 Å². The zero-order chi connectivity index (χ0) is 8.97. The fourth-order valence-corrected chi connectivity index (χ4v) is 1.03. The molecule has 0 bridgehead atoms. The molecule has 4 nitrogen and oxygen atoms in total. The van der Waals surface area contributed by atoms with E-state index in [0.717, 1.165) is 5.69 Å². The van der Waals surface area contributed by atoms with Crippen LogP contribution in [0.4, 0.5) is 0 Å². The molecule has 2 N–H and O–H groups in total. The van der Waals surface area contributed by atoms with Crippen LogP contribution in [0.1, 0.15) is 12.1 Å². The Morgan fingerprint density at radius 3 is 3.00 bits per heavy atom. The number of rotatable bonds is 3. The second-order valence-corrected chi connectivity index (χ2v) is 2.75. The van der Waals surface area contributed by atoms with Crippen molar-refractivity contribution in [1.82, 2.24) is 9.97 Å². The number of methoxy groups -OCH3 is 1. The van der Waals surface area contributed by atoms with Crippen LogP contribution in [-0.4, -0.2) is 23.0 Å². The van der Waals surface area contributed by atoms with Crippen molar-refractivity contribution in [2.24, 2.45) is 0 Å². The Balaban J connectivity index is 2.43. The quantitative estimate of drug-likeness (QED) is 0.550. The Morgan fingerprint density at radius 1 is 1.75 bits per heavy atom. The molecule has 12 heavy (non-hydrogen) atoms. The lowest BCUT2D eigenvalue weighted by atomic mass is 10.2. The summed E-state index contributed by atoms with van der Waals surface area (Å²) in [5.74, 6) is -0.212. The Kier molecular flexibility index (Phi) is 3.04. The van der Waals surface area contributed by atoms with Gasteiger partial charge in [-0.3, -0.25) is 4.79 Å². The van der Waals surface area contributed by atoms with Crippen molar-refractivity contribution in [2.75, 3.05) is 7.11 Å². The zero-order valence-electron chi connectivity index (χ0n) is 6.72. The number of aromatic nitrogens is 2. The highest BCUT2D eigenvalue weighted by Crippen LogP contribution is 1.98. The van der Waals surface area contributed by atoms with Gasteiger partial charge in [0.05, 0.1) is 13.5 Å². The van der Waals surface area contributed by atoms with Gasteiger partial charge in [0.2, 0.25) is 0 Å². The molecule has 0 saturated heterocycles. The minimum atomic E-state index is -0.212. The van der Waals surface area contributed by atoms with Gasteiger partial charge in [0.1, 0.15) is 0 Å². The van der Waals surface area contributed by atoms with Crippen molar-refractivity contribution in [1.29, 1.82) is 0 Å². The van der Waals surface area contributed by atoms with Crippen molar-refractivity contribution >= 4 is 18.2 Å². The highest BCUT2D eigenvalue weighted by molar-refractivity contribution is 7.71. The molecule has 1 aromatic heterocycles. The lowest BCUT2D eigenvalue weighted by Gasteiger charge is -1.95. The maximum atomic E-state index is 10.7. The first-order chi connectivity index (χ1) is 5.72. The molecule has 0 radical (unpaired) electrons. The molecule has 1 heterocycles. The van der Waals surface area contributed by atoms with Gasteiger partial charge in [-0.25, -0.2) is 0 Å². The van der Waals surface area contributed by atoms with Crippen molar-refractivity contribution in [3.05, 3.63) is 16.7 Å². The summed E-state index contributed by atoms with van der Waals surface area (Å²) in [7, 11) is 1.38. The first kappa shape index (κ1) is 8.99. The van der Waals surface area contributed by atoms with Gasteiger partial charge in [-0.15, -0.1) is 0 Å². The number of carbonyl (C=O) groups is 1. The summed E-state index contributed by atoms with van der Waals surface area (Å²) in [5.41, 5.74) is 0.922. The van der Waals surface area contributed by atoms with Gasteiger partial charge in [-0.05, 0) is 18.6 Å². The molecule has 0 amide bonds. The summed E-state index contributed by atoms with van der Waals surface area (Å²) in [6.07, 6.45) is 2.75. The van der Waals surface area contributed by atoms with Crippen LogP contribution >= 0.6 is 12.2 Å². The van der Waals surface area contributed by atoms with Gasteiger partial charge in [0.25, 0.3) is 0 Å². The molecular formula is C7H10N2O2S. The van der Waals surface area contributed by atoms with Crippen LogP contribution in [0.3, 0.4) is 0 Å². The van der Waals surface area contributed by atoms with E-state index in [0.29, 0.717) is 17.6 Å². The van der Waals surface area contributed by atoms with Crippen LogP contribution < -0.4 is 0 Å². The molecule has 0 aliphatic rings. The number of aryl methyl sites for hydroxylation is 1. The average molecular weight is 186 g/mol. The topological polar surface area (TPSA) is 57.9 Å². The Labute approximate surface area is 75.0 Å². The first-order valence-electron chi connectivity index (χ1n) is 3.56. The van der Waals surface area contributed by atoms with Gasteiger partial charge >= 0.3 is 5.97 Å². The number of hydrogen-bond donors (Lipinski definition) is 2. The molecule has 5 heteroatoms. The summed E-state index contributed by atoms with van der Waals surface area (Å²) in [6.45, 7) is 0. The molecule has 0 saturated carbocycles. The molecular weight excluding hydrogens is 176 g/mol. The van der Waals surface area contributed by atoms with Gasteiger partial charge in [-0.2, -0.15) is 0 Å². The third kappa shape index (κ3) is 2.50. The Morgan fingerprint density at radius 2 is 2.50 bits per heavy atom. The lowest BCUT2D eigenvalue weighted by molar-refractivity contribution is -0.140. The molecule has 66 valence electrons. The maximum Gasteiger partial charge on any atom is 0.305 e. The second-order valence-electron chi connectivity index (χ2n) is 2.34. The lowest BCUT2D eigenvalue weighted by Crippen LogP contribution is -2.01. The van der Waals surface area contributed by atoms with E-state index in [4.69, 9.17) is 12.2 Å². The molecule has 0 atom stereocenters. The monoisotopic (exact) mass is 186 g/mol. The van der Waals surface area contributed by atoms with Gasteiger partial charge in [0, 0.05) is 11.9 Å². The largest absolute Gasteiger partial charge is 0.469 e. The van der Waals surface area contributed by atoms with Crippen LogP contribution in [0.5, 0.6) is 0 Å². The summed E-state index contributed by atoms with van der Waals surface area (Å²) < 4.78 is 5.07. The van der Waals surface area contributed by atoms with Crippen LogP contribution in [0.25, 0.3) is 0 Å². The summed E-state index contributed by atoms with van der Waals surface area (Å²) >= 11 is 4.81. The first-order valence-corrected chi connectivity index (χ1v) is 3.96. The Hall–Kier alpha value is -1.10. The standard InChI is InChI=1S/C7H10N2O2S/c1-11-6(10)3-2-5-4-8-7(12)9-5/h4H,2-3H2,1H3,(H2,8,9,12). The Bertz CT molecular complexity index is 315. The second kappa shape index (κ2) is 4.06.